The molecule has 1 heterocycles. The lowest BCUT2D eigenvalue weighted by Crippen LogP contribution is -2.30. The van der Waals surface area contributed by atoms with Crippen molar-refractivity contribution >= 4 is 5.97 Å². The summed E-state index contributed by atoms with van der Waals surface area (Å²) in [7, 11) is 0. The molecule has 0 spiro atoms. The van der Waals surface area contributed by atoms with Gasteiger partial charge in [-0.05, 0) is 31.9 Å². The van der Waals surface area contributed by atoms with Crippen molar-refractivity contribution < 1.29 is 14.3 Å². The van der Waals surface area contributed by atoms with Crippen molar-refractivity contribution in [3.63, 3.8) is 0 Å². The van der Waals surface area contributed by atoms with Gasteiger partial charge < -0.3 is 15.2 Å². The maximum atomic E-state index is 12.0. The van der Waals surface area contributed by atoms with Gasteiger partial charge in [0.15, 0.2) is 0 Å². The minimum atomic E-state index is -0.426. The number of rotatable bonds is 7. The number of hydrogen-bond acceptors (Lipinski definition) is 5. The Labute approximate surface area is 136 Å². The maximum absolute atomic E-state index is 12.0. The number of carbonyl (C=O) groups is 1. The van der Waals surface area contributed by atoms with Gasteiger partial charge in [0.1, 0.15) is 17.9 Å². The zero-order valence-corrected chi connectivity index (χ0v) is 13.5. The summed E-state index contributed by atoms with van der Waals surface area (Å²) < 4.78 is 10.8. The summed E-state index contributed by atoms with van der Waals surface area (Å²) in [5, 5.41) is 0. The number of aryl methyl sites for hydroxylation is 1. The number of esters is 1. The summed E-state index contributed by atoms with van der Waals surface area (Å²) in [5.74, 6) is 0.0317. The van der Waals surface area contributed by atoms with Crippen LogP contribution in [0.2, 0.25) is 0 Å². The summed E-state index contributed by atoms with van der Waals surface area (Å²) in [6, 6.07) is 11.5. The highest BCUT2D eigenvalue weighted by molar-refractivity contribution is 5.93. The molecule has 0 aliphatic rings. The molecule has 0 amide bonds. The lowest BCUT2D eigenvalue weighted by atomic mass is 10.1. The third kappa shape index (κ3) is 4.79. The average molecular weight is 314 g/mol. The highest BCUT2D eigenvalue weighted by Crippen LogP contribution is 2.21. The molecule has 0 fully saturated rings. The van der Waals surface area contributed by atoms with Crippen molar-refractivity contribution in [2.75, 3.05) is 13.2 Å². The molecule has 23 heavy (non-hydrogen) atoms. The predicted octanol–water partition coefficient (Wildman–Crippen LogP) is 2.52. The molecule has 122 valence electrons. The van der Waals surface area contributed by atoms with Crippen molar-refractivity contribution in [2.45, 2.75) is 26.3 Å². The molecule has 0 saturated carbocycles. The highest BCUT2D eigenvalue weighted by Gasteiger charge is 2.18. The zero-order chi connectivity index (χ0) is 16.7. The number of pyridine rings is 1. The predicted molar refractivity (Wildman–Crippen MR) is 88.5 cm³/mol. The molecule has 1 aromatic heterocycles. The Hall–Kier alpha value is -2.40. The van der Waals surface area contributed by atoms with Gasteiger partial charge in [-0.2, -0.15) is 0 Å². The van der Waals surface area contributed by atoms with Crippen LogP contribution >= 0.6 is 0 Å². The van der Waals surface area contributed by atoms with E-state index in [0.717, 1.165) is 5.56 Å². The van der Waals surface area contributed by atoms with Crippen LogP contribution in [0, 0.1) is 6.92 Å². The SMILES string of the molecule is CCOC(=O)c1c(OCC(N)Cc2ccccc2)ccnc1C. The molecule has 1 aromatic carbocycles. The Kier molecular flexibility index (Phi) is 6.11. The van der Waals surface area contributed by atoms with Crippen LogP contribution in [-0.4, -0.2) is 30.2 Å². The van der Waals surface area contributed by atoms with Gasteiger partial charge in [0, 0.05) is 12.2 Å². The van der Waals surface area contributed by atoms with E-state index in [-0.39, 0.29) is 6.04 Å². The fraction of sp³-hybridized carbons (Fsp3) is 0.333. The smallest absolute Gasteiger partial charge is 0.343 e. The van der Waals surface area contributed by atoms with E-state index in [2.05, 4.69) is 4.98 Å². The van der Waals surface area contributed by atoms with Crippen LogP contribution in [-0.2, 0) is 11.2 Å². The summed E-state index contributed by atoms with van der Waals surface area (Å²) in [4.78, 5) is 16.2. The highest BCUT2D eigenvalue weighted by atomic mass is 16.5. The standard InChI is InChI=1S/C18H22N2O3/c1-3-22-18(21)17-13(2)20-10-9-16(17)23-12-15(19)11-14-7-5-4-6-8-14/h4-10,15H,3,11-12,19H2,1-2H3. The second-order valence-electron chi connectivity index (χ2n) is 5.25. The van der Waals surface area contributed by atoms with E-state index in [0.29, 0.717) is 36.6 Å². The molecule has 5 heteroatoms. The van der Waals surface area contributed by atoms with E-state index in [1.807, 2.05) is 30.3 Å². The minimum Gasteiger partial charge on any atom is -0.491 e. The van der Waals surface area contributed by atoms with Gasteiger partial charge in [0.2, 0.25) is 0 Å². The molecule has 0 aliphatic carbocycles. The normalized spacial score (nSPS) is 11.8. The molecule has 2 N–H and O–H groups in total. The summed E-state index contributed by atoms with van der Waals surface area (Å²) in [6.45, 7) is 4.13. The van der Waals surface area contributed by atoms with Crippen molar-refractivity contribution in [3.8, 4) is 5.75 Å². The van der Waals surface area contributed by atoms with Gasteiger partial charge in [-0.25, -0.2) is 4.79 Å². The number of benzene rings is 1. The van der Waals surface area contributed by atoms with E-state index in [9.17, 15) is 4.79 Å². The first kappa shape index (κ1) is 17.0. The van der Waals surface area contributed by atoms with Crippen LogP contribution in [0.5, 0.6) is 5.75 Å². The maximum Gasteiger partial charge on any atom is 0.343 e. The second kappa shape index (κ2) is 8.29. The van der Waals surface area contributed by atoms with Crippen molar-refractivity contribution in [3.05, 3.63) is 59.4 Å². The van der Waals surface area contributed by atoms with E-state index < -0.39 is 5.97 Å². The molecule has 0 bridgehead atoms. The van der Waals surface area contributed by atoms with Crippen LogP contribution in [0.3, 0.4) is 0 Å². The van der Waals surface area contributed by atoms with E-state index >= 15 is 0 Å². The first-order valence-corrected chi connectivity index (χ1v) is 7.66. The average Bonchev–Trinajstić information content (AvgIpc) is 2.54. The van der Waals surface area contributed by atoms with Crippen molar-refractivity contribution in [1.82, 2.24) is 4.98 Å². The second-order valence-corrected chi connectivity index (χ2v) is 5.25. The molecule has 0 saturated heterocycles. The molecular weight excluding hydrogens is 292 g/mol. The van der Waals surface area contributed by atoms with Crippen LogP contribution < -0.4 is 10.5 Å². The molecule has 1 unspecified atom stereocenters. The number of nitrogens with zero attached hydrogens (tertiary/aromatic N) is 1. The number of hydrogen-bond donors (Lipinski definition) is 1. The quantitative estimate of drug-likeness (QED) is 0.795. The Morgan fingerprint density at radius 1 is 1.26 bits per heavy atom. The van der Waals surface area contributed by atoms with Crippen LogP contribution in [0.4, 0.5) is 0 Å². The lowest BCUT2D eigenvalue weighted by molar-refractivity contribution is 0.0519. The topological polar surface area (TPSA) is 74.4 Å². The van der Waals surface area contributed by atoms with Crippen LogP contribution in [0.25, 0.3) is 0 Å². The Morgan fingerprint density at radius 2 is 2.00 bits per heavy atom. The van der Waals surface area contributed by atoms with Crippen molar-refractivity contribution in [1.29, 1.82) is 0 Å². The summed E-state index contributed by atoms with van der Waals surface area (Å²) in [6.07, 6.45) is 2.32. The molecular formula is C18H22N2O3. The Morgan fingerprint density at radius 3 is 2.70 bits per heavy atom. The molecule has 0 aliphatic heterocycles. The molecule has 2 rings (SSSR count). The summed E-state index contributed by atoms with van der Waals surface area (Å²) >= 11 is 0. The third-order valence-corrected chi connectivity index (χ3v) is 3.38. The van der Waals surface area contributed by atoms with Gasteiger partial charge >= 0.3 is 5.97 Å². The zero-order valence-electron chi connectivity index (χ0n) is 13.5. The molecule has 1 atom stereocenters. The largest absolute Gasteiger partial charge is 0.491 e. The number of aromatic nitrogens is 1. The molecule has 5 nitrogen and oxygen atoms in total. The number of nitrogens with two attached hydrogens (primary N) is 1. The minimum absolute atomic E-state index is 0.166. The van der Waals surface area contributed by atoms with E-state index in [1.54, 1.807) is 26.1 Å². The number of carbonyl (C=O) groups excluding carboxylic acids is 1. The van der Waals surface area contributed by atoms with Gasteiger partial charge in [-0.1, -0.05) is 30.3 Å². The van der Waals surface area contributed by atoms with E-state index in [4.69, 9.17) is 15.2 Å². The fourth-order valence-corrected chi connectivity index (χ4v) is 2.29. The Balaban J connectivity index is 2.02. The lowest BCUT2D eigenvalue weighted by Gasteiger charge is -2.16. The number of ether oxygens (including phenoxy) is 2. The molecule has 2 aromatic rings. The first-order chi connectivity index (χ1) is 11.1. The summed E-state index contributed by atoms with van der Waals surface area (Å²) in [5.41, 5.74) is 8.22. The third-order valence-electron chi connectivity index (χ3n) is 3.38. The van der Waals surface area contributed by atoms with Crippen molar-refractivity contribution in [2.24, 2.45) is 5.73 Å². The van der Waals surface area contributed by atoms with E-state index in [1.165, 1.54) is 0 Å². The first-order valence-electron chi connectivity index (χ1n) is 7.66. The monoisotopic (exact) mass is 314 g/mol. The van der Waals surface area contributed by atoms with Gasteiger partial charge in [0.25, 0.3) is 0 Å². The molecule has 0 radical (unpaired) electrons. The van der Waals surface area contributed by atoms with Gasteiger partial charge in [-0.15, -0.1) is 0 Å². The van der Waals surface area contributed by atoms with Crippen LogP contribution in [0.15, 0.2) is 42.6 Å². The van der Waals surface area contributed by atoms with Crippen LogP contribution in [0.1, 0.15) is 28.5 Å². The van der Waals surface area contributed by atoms with Gasteiger partial charge in [-0.3, -0.25) is 4.98 Å². The Bertz CT molecular complexity index is 644. The fourth-order valence-electron chi connectivity index (χ4n) is 2.29. The van der Waals surface area contributed by atoms with Gasteiger partial charge in [0.05, 0.1) is 12.3 Å².